The number of ether oxygens (including phenoxy) is 1. The molecule has 43 heavy (non-hydrogen) atoms. The molecule has 0 fully saturated rings. The SMILES string of the molecule is CCOC(=O)CN1C(=O)CCN(C(=O)c2ccc(NC(=O)c3ccccc3-c3ccccc3C)c(Cl)c2)c2ccccc21. The third-order valence-electron chi connectivity index (χ3n) is 7.22. The molecule has 0 saturated heterocycles. The largest absolute Gasteiger partial charge is 0.465 e. The van der Waals surface area contributed by atoms with Crippen LogP contribution in [0.25, 0.3) is 11.1 Å². The number of nitrogens with zero attached hydrogens (tertiary/aromatic N) is 2. The minimum absolute atomic E-state index is 0.0159. The molecule has 218 valence electrons. The van der Waals surface area contributed by atoms with Gasteiger partial charge in [0.05, 0.1) is 28.7 Å². The number of para-hydroxylation sites is 2. The number of carbonyl (C=O) groups excluding carboxylic acids is 4. The molecule has 9 heteroatoms. The van der Waals surface area contributed by atoms with Crippen molar-refractivity contribution >= 4 is 52.4 Å². The molecule has 1 aliphatic heterocycles. The number of carbonyl (C=O) groups is 4. The summed E-state index contributed by atoms with van der Waals surface area (Å²) in [4.78, 5) is 55.2. The number of anilines is 3. The summed E-state index contributed by atoms with van der Waals surface area (Å²) >= 11 is 6.59. The van der Waals surface area contributed by atoms with E-state index in [0.29, 0.717) is 22.6 Å². The van der Waals surface area contributed by atoms with Crippen LogP contribution in [0, 0.1) is 6.92 Å². The fraction of sp³-hybridized carbons (Fsp3) is 0.176. The molecule has 0 aromatic heterocycles. The third-order valence-corrected chi connectivity index (χ3v) is 7.54. The standard InChI is InChI=1S/C34H30ClN3O5/c1-3-43-32(40)21-38-30-15-9-8-14-29(30)37(19-18-31(38)39)34(42)23-16-17-28(27(35)20-23)36-33(41)26-13-7-6-12-25(26)24-11-5-4-10-22(24)2/h4-17,20H,3,18-19,21H2,1-2H3,(H,36,41). The van der Waals surface area contributed by atoms with Gasteiger partial charge in [-0.05, 0) is 66.9 Å². The van der Waals surface area contributed by atoms with Gasteiger partial charge in [-0.25, -0.2) is 0 Å². The topological polar surface area (TPSA) is 96.0 Å². The molecule has 5 rings (SSSR count). The molecule has 4 aromatic carbocycles. The second kappa shape index (κ2) is 12.9. The molecular weight excluding hydrogens is 566 g/mol. The first kappa shape index (κ1) is 29.5. The van der Waals surface area contributed by atoms with E-state index in [1.807, 2.05) is 43.3 Å². The summed E-state index contributed by atoms with van der Waals surface area (Å²) in [7, 11) is 0. The molecule has 0 saturated carbocycles. The Hall–Kier alpha value is -4.95. The van der Waals surface area contributed by atoms with Crippen LogP contribution in [0.15, 0.2) is 91.0 Å². The summed E-state index contributed by atoms with van der Waals surface area (Å²) in [6, 6.07) is 26.8. The maximum absolute atomic E-state index is 13.8. The first-order valence-corrected chi connectivity index (χ1v) is 14.3. The maximum atomic E-state index is 13.8. The second-order valence-electron chi connectivity index (χ2n) is 9.99. The second-order valence-corrected chi connectivity index (χ2v) is 10.4. The summed E-state index contributed by atoms with van der Waals surface area (Å²) < 4.78 is 5.05. The Morgan fingerprint density at radius 1 is 0.884 bits per heavy atom. The summed E-state index contributed by atoms with van der Waals surface area (Å²) in [6.45, 7) is 3.75. The molecule has 0 radical (unpaired) electrons. The van der Waals surface area contributed by atoms with Gasteiger partial charge in [-0.2, -0.15) is 0 Å². The van der Waals surface area contributed by atoms with Crippen LogP contribution >= 0.6 is 11.6 Å². The van der Waals surface area contributed by atoms with E-state index in [4.69, 9.17) is 16.3 Å². The van der Waals surface area contributed by atoms with Crippen molar-refractivity contribution in [3.63, 3.8) is 0 Å². The summed E-state index contributed by atoms with van der Waals surface area (Å²) in [5.74, 6) is -1.53. The van der Waals surface area contributed by atoms with Crippen LogP contribution in [0.5, 0.6) is 0 Å². The van der Waals surface area contributed by atoms with E-state index in [9.17, 15) is 19.2 Å². The van der Waals surface area contributed by atoms with Crippen molar-refractivity contribution in [2.75, 3.05) is 34.8 Å². The highest BCUT2D eigenvalue weighted by Gasteiger charge is 2.31. The van der Waals surface area contributed by atoms with Crippen LogP contribution in [-0.4, -0.2) is 43.4 Å². The molecule has 1 N–H and O–H groups in total. The van der Waals surface area contributed by atoms with Gasteiger partial charge in [0.2, 0.25) is 5.91 Å². The molecule has 1 heterocycles. The molecule has 1 aliphatic rings. The molecule has 0 bridgehead atoms. The third kappa shape index (κ3) is 6.29. The van der Waals surface area contributed by atoms with Gasteiger partial charge in [-0.1, -0.05) is 66.2 Å². The van der Waals surface area contributed by atoms with Crippen LogP contribution in [0.1, 0.15) is 39.6 Å². The average molecular weight is 596 g/mol. The number of rotatable bonds is 7. The lowest BCUT2D eigenvalue weighted by Gasteiger charge is -2.25. The van der Waals surface area contributed by atoms with Crippen LogP contribution in [-0.2, 0) is 14.3 Å². The van der Waals surface area contributed by atoms with Gasteiger partial charge >= 0.3 is 5.97 Å². The van der Waals surface area contributed by atoms with Crippen molar-refractivity contribution < 1.29 is 23.9 Å². The molecule has 0 aliphatic carbocycles. The van der Waals surface area contributed by atoms with Crippen LogP contribution in [0.3, 0.4) is 0 Å². The van der Waals surface area contributed by atoms with E-state index in [0.717, 1.165) is 16.7 Å². The smallest absolute Gasteiger partial charge is 0.326 e. The number of nitrogens with one attached hydrogen (secondary N) is 1. The molecule has 4 aromatic rings. The Morgan fingerprint density at radius 2 is 1.56 bits per heavy atom. The van der Waals surface area contributed by atoms with Gasteiger partial charge in [0.25, 0.3) is 11.8 Å². The maximum Gasteiger partial charge on any atom is 0.326 e. The Morgan fingerprint density at radius 3 is 2.28 bits per heavy atom. The summed E-state index contributed by atoms with van der Waals surface area (Å²) in [6.07, 6.45) is 0.0159. The molecule has 0 unspecified atom stereocenters. The Labute approximate surface area is 254 Å². The van der Waals surface area contributed by atoms with Crippen LogP contribution in [0.2, 0.25) is 5.02 Å². The number of aryl methyl sites for hydroxylation is 1. The van der Waals surface area contributed by atoms with E-state index < -0.39 is 5.97 Å². The zero-order valence-corrected chi connectivity index (χ0v) is 24.6. The number of benzene rings is 4. The van der Waals surface area contributed by atoms with E-state index in [-0.39, 0.29) is 54.4 Å². The lowest BCUT2D eigenvalue weighted by Crippen LogP contribution is -2.36. The first-order valence-electron chi connectivity index (χ1n) is 13.9. The zero-order chi connectivity index (χ0) is 30.5. The lowest BCUT2D eigenvalue weighted by atomic mass is 9.95. The quantitative estimate of drug-likeness (QED) is 0.246. The fourth-order valence-corrected chi connectivity index (χ4v) is 5.35. The number of fused-ring (bicyclic) bond motifs is 1. The number of esters is 1. The zero-order valence-electron chi connectivity index (χ0n) is 23.8. The van der Waals surface area contributed by atoms with Gasteiger partial charge < -0.3 is 15.0 Å². The van der Waals surface area contributed by atoms with Gasteiger partial charge in [0.15, 0.2) is 0 Å². The lowest BCUT2D eigenvalue weighted by molar-refractivity contribution is -0.142. The minimum Gasteiger partial charge on any atom is -0.465 e. The highest BCUT2D eigenvalue weighted by Crippen LogP contribution is 2.35. The van der Waals surface area contributed by atoms with Crippen molar-refractivity contribution in [1.82, 2.24) is 0 Å². The molecule has 0 spiro atoms. The fourth-order valence-electron chi connectivity index (χ4n) is 5.12. The molecule has 0 atom stereocenters. The van der Waals surface area contributed by atoms with Crippen molar-refractivity contribution in [3.8, 4) is 11.1 Å². The highest BCUT2D eigenvalue weighted by molar-refractivity contribution is 6.34. The number of hydrogen-bond donors (Lipinski definition) is 1. The van der Waals surface area contributed by atoms with E-state index in [1.54, 1.807) is 55.5 Å². The molecule has 8 nitrogen and oxygen atoms in total. The van der Waals surface area contributed by atoms with Crippen molar-refractivity contribution in [1.29, 1.82) is 0 Å². The predicted octanol–water partition coefficient (Wildman–Crippen LogP) is 6.51. The summed E-state index contributed by atoms with van der Waals surface area (Å²) in [5, 5.41) is 3.07. The van der Waals surface area contributed by atoms with Crippen LogP contribution in [0.4, 0.5) is 17.1 Å². The highest BCUT2D eigenvalue weighted by atomic mass is 35.5. The average Bonchev–Trinajstić information content (AvgIpc) is 3.14. The minimum atomic E-state index is -0.531. The predicted molar refractivity (Wildman–Crippen MR) is 168 cm³/mol. The van der Waals surface area contributed by atoms with Gasteiger partial charge in [-0.15, -0.1) is 0 Å². The van der Waals surface area contributed by atoms with Crippen LogP contribution < -0.4 is 15.1 Å². The van der Waals surface area contributed by atoms with Gasteiger partial charge in [0, 0.05) is 24.1 Å². The van der Waals surface area contributed by atoms with E-state index in [2.05, 4.69) is 5.32 Å². The van der Waals surface area contributed by atoms with Crippen molar-refractivity contribution in [2.45, 2.75) is 20.3 Å². The molecular formula is C34H30ClN3O5. The number of halogens is 1. The normalized spacial score (nSPS) is 12.8. The van der Waals surface area contributed by atoms with E-state index in [1.165, 1.54) is 15.9 Å². The Bertz CT molecular complexity index is 1720. The Balaban J connectivity index is 1.39. The van der Waals surface area contributed by atoms with Gasteiger partial charge in [0.1, 0.15) is 6.54 Å². The summed E-state index contributed by atoms with van der Waals surface area (Å²) in [5.41, 5.74) is 4.86. The number of amides is 3. The Kier molecular flexibility index (Phi) is 8.87. The molecule has 3 amide bonds. The van der Waals surface area contributed by atoms with Gasteiger partial charge in [-0.3, -0.25) is 24.1 Å². The monoisotopic (exact) mass is 595 g/mol. The van der Waals surface area contributed by atoms with Crippen molar-refractivity contribution in [2.24, 2.45) is 0 Å². The number of hydrogen-bond acceptors (Lipinski definition) is 5. The van der Waals surface area contributed by atoms with E-state index >= 15 is 0 Å². The van der Waals surface area contributed by atoms with Crippen molar-refractivity contribution in [3.05, 3.63) is 113 Å². The first-order chi connectivity index (χ1) is 20.8.